The number of halogens is 2. The Morgan fingerprint density at radius 1 is 1.44 bits per heavy atom. The molecular weight excluding hydrogens is 364 g/mol. The predicted molar refractivity (Wildman–Crippen MR) is 76.0 cm³/mol. The SMILES string of the molecule is COc1ncccc1Cn1cc(Br)cc(Br)c1=O. The summed E-state index contributed by atoms with van der Waals surface area (Å²) in [4.78, 5) is 16.1. The van der Waals surface area contributed by atoms with E-state index in [1.165, 1.54) is 0 Å². The molecule has 0 radical (unpaired) electrons. The van der Waals surface area contributed by atoms with Gasteiger partial charge in [-0.3, -0.25) is 4.79 Å². The van der Waals surface area contributed by atoms with Gasteiger partial charge in [0.2, 0.25) is 5.88 Å². The van der Waals surface area contributed by atoms with E-state index in [2.05, 4.69) is 36.8 Å². The van der Waals surface area contributed by atoms with Crippen molar-refractivity contribution < 1.29 is 4.74 Å². The molecule has 2 aromatic heterocycles. The van der Waals surface area contributed by atoms with Crippen LogP contribution in [0.25, 0.3) is 0 Å². The van der Waals surface area contributed by atoms with E-state index in [1.807, 2.05) is 12.1 Å². The number of aromatic nitrogens is 2. The second-order valence-electron chi connectivity index (χ2n) is 3.61. The van der Waals surface area contributed by atoms with Gasteiger partial charge in [0.15, 0.2) is 0 Å². The fourth-order valence-corrected chi connectivity index (χ4v) is 2.85. The molecule has 6 heteroatoms. The molecule has 2 rings (SSSR count). The summed E-state index contributed by atoms with van der Waals surface area (Å²) in [5.74, 6) is 0.528. The molecule has 2 heterocycles. The molecule has 0 aliphatic rings. The Morgan fingerprint density at radius 3 is 2.94 bits per heavy atom. The van der Waals surface area contributed by atoms with Crippen LogP contribution in [0.5, 0.6) is 5.88 Å². The van der Waals surface area contributed by atoms with Crippen LogP contribution in [0, 0.1) is 0 Å². The van der Waals surface area contributed by atoms with Gasteiger partial charge in [0.1, 0.15) is 0 Å². The van der Waals surface area contributed by atoms with Crippen LogP contribution in [0.2, 0.25) is 0 Å². The number of hydrogen-bond acceptors (Lipinski definition) is 3. The normalized spacial score (nSPS) is 10.4. The quantitative estimate of drug-likeness (QED) is 0.830. The first-order chi connectivity index (χ1) is 8.61. The summed E-state index contributed by atoms with van der Waals surface area (Å²) in [7, 11) is 1.56. The monoisotopic (exact) mass is 372 g/mol. The Balaban J connectivity index is 2.43. The molecule has 0 atom stereocenters. The van der Waals surface area contributed by atoms with Crippen molar-refractivity contribution in [2.75, 3.05) is 7.11 Å². The summed E-state index contributed by atoms with van der Waals surface area (Å²) in [5, 5.41) is 0. The number of nitrogens with zero attached hydrogens (tertiary/aromatic N) is 2. The summed E-state index contributed by atoms with van der Waals surface area (Å²) < 4.78 is 8.10. The molecule has 2 aromatic rings. The molecule has 0 amide bonds. The Hall–Kier alpha value is -1.14. The fraction of sp³-hybridized carbons (Fsp3) is 0.167. The van der Waals surface area contributed by atoms with Crippen LogP contribution in [-0.4, -0.2) is 16.7 Å². The van der Waals surface area contributed by atoms with E-state index in [0.717, 1.165) is 10.0 Å². The maximum atomic E-state index is 12.0. The van der Waals surface area contributed by atoms with Gasteiger partial charge in [0.05, 0.1) is 18.1 Å². The van der Waals surface area contributed by atoms with Gasteiger partial charge in [-0.15, -0.1) is 0 Å². The van der Waals surface area contributed by atoms with E-state index in [4.69, 9.17) is 4.74 Å². The first-order valence-corrected chi connectivity index (χ1v) is 6.74. The standard InChI is InChI=1S/C12H10Br2N2O2/c1-18-11-8(3-2-4-15-11)6-16-7-9(13)5-10(14)12(16)17/h2-5,7H,6H2,1H3. The molecule has 0 aromatic carbocycles. The van der Waals surface area contributed by atoms with Crippen molar-refractivity contribution >= 4 is 31.9 Å². The Bertz CT molecular complexity index is 626. The Morgan fingerprint density at radius 2 is 2.22 bits per heavy atom. The van der Waals surface area contributed by atoms with Crippen molar-refractivity contribution in [3.8, 4) is 5.88 Å². The number of pyridine rings is 2. The number of hydrogen-bond donors (Lipinski definition) is 0. The van der Waals surface area contributed by atoms with E-state index < -0.39 is 0 Å². The van der Waals surface area contributed by atoms with Gasteiger partial charge >= 0.3 is 0 Å². The van der Waals surface area contributed by atoms with Crippen molar-refractivity contribution in [2.24, 2.45) is 0 Å². The van der Waals surface area contributed by atoms with Gasteiger partial charge in [-0.25, -0.2) is 4.98 Å². The Labute approximate surface area is 121 Å². The molecule has 0 fully saturated rings. The average Bonchev–Trinajstić information content (AvgIpc) is 2.36. The highest BCUT2D eigenvalue weighted by Gasteiger charge is 2.08. The predicted octanol–water partition coefficient (Wildman–Crippen LogP) is 2.83. The minimum atomic E-state index is -0.0934. The van der Waals surface area contributed by atoms with E-state index >= 15 is 0 Å². The van der Waals surface area contributed by atoms with Crippen LogP contribution >= 0.6 is 31.9 Å². The molecule has 0 saturated heterocycles. The second-order valence-corrected chi connectivity index (χ2v) is 5.38. The van der Waals surface area contributed by atoms with Crippen molar-refractivity contribution in [3.05, 3.63) is 55.5 Å². The van der Waals surface area contributed by atoms with Crippen LogP contribution in [0.15, 0.2) is 44.3 Å². The highest BCUT2D eigenvalue weighted by Crippen LogP contribution is 2.17. The highest BCUT2D eigenvalue weighted by molar-refractivity contribution is 9.11. The molecule has 0 aliphatic carbocycles. The lowest BCUT2D eigenvalue weighted by Crippen LogP contribution is -2.21. The maximum Gasteiger partial charge on any atom is 0.265 e. The lowest BCUT2D eigenvalue weighted by atomic mass is 10.2. The molecule has 4 nitrogen and oxygen atoms in total. The van der Waals surface area contributed by atoms with E-state index in [1.54, 1.807) is 30.1 Å². The van der Waals surface area contributed by atoms with Crippen molar-refractivity contribution in [3.63, 3.8) is 0 Å². The van der Waals surface area contributed by atoms with Gasteiger partial charge in [-0.2, -0.15) is 0 Å². The molecule has 0 saturated carbocycles. The zero-order valence-corrected chi connectivity index (χ0v) is 12.7. The lowest BCUT2D eigenvalue weighted by molar-refractivity contribution is 0.391. The summed E-state index contributed by atoms with van der Waals surface area (Å²) in [5.41, 5.74) is 0.760. The summed E-state index contributed by atoms with van der Waals surface area (Å²) in [6.07, 6.45) is 3.39. The van der Waals surface area contributed by atoms with E-state index in [-0.39, 0.29) is 5.56 Å². The molecule has 0 N–H and O–H groups in total. The van der Waals surface area contributed by atoms with Crippen LogP contribution in [0.3, 0.4) is 0 Å². The number of rotatable bonds is 3. The third kappa shape index (κ3) is 2.81. The van der Waals surface area contributed by atoms with Crippen molar-refractivity contribution in [1.82, 2.24) is 9.55 Å². The van der Waals surface area contributed by atoms with Crippen LogP contribution in [-0.2, 0) is 6.54 Å². The first-order valence-electron chi connectivity index (χ1n) is 5.15. The maximum absolute atomic E-state index is 12.0. The lowest BCUT2D eigenvalue weighted by Gasteiger charge is -2.10. The molecule has 0 aliphatic heterocycles. The highest BCUT2D eigenvalue weighted by atomic mass is 79.9. The summed E-state index contributed by atoms with van der Waals surface area (Å²) >= 11 is 6.60. The summed E-state index contributed by atoms with van der Waals surface area (Å²) in [6, 6.07) is 5.42. The third-order valence-electron chi connectivity index (χ3n) is 2.39. The van der Waals surface area contributed by atoms with Crippen LogP contribution < -0.4 is 10.3 Å². The minimum absolute atomic E-state index is 0.0934. The largest absolute Gasteiger partial charge is 0.481 e. The van der Waals surface area contributed by atoms with Gasteiger partial charge in [-0.1, -0.05) is 6.07 Å². The van der Waals surface area contributed by atoms with Crippen molar-refractivity contribution in [2.45, 2.75) is 6.54 Å². The van der Waals surface area contributed by atoms with Crippen LogP contribution in [0.1, 0.15) is 5.56 Å². The molecule has 0 unspecified atom stereocenters. The zero-order valence-electron chi connectivity index (χ0n) is 9.56. The van der Waals surface area contributed by atoms with E-state index in [9.17, 15) is 4.79 Å². The Kier molecular flexibility index (Phi) is 4.19. The van der Waals surface area contributed by atoms with Crippen molar-refractivity contribution in [1.29, 1.82) is 0 Å². The second kappa shape index (κ2) is 5.67. The van der Waals surface area contributed by atoms with Crippen LogP contribution in [0.4, 0.5) is 0 Å². The number of ether oxygens (including phenoxy) is 1. The first kappa shape index (κ1) is 13.3. The summed E-state index contributed by atoms with van der Waals surface area (Å²) in [6.45, 7) is 0.411. The third-order valence-corrected chi connectivity index (χ3v) is 3.39. The minimum Gasteiger partial charge on any atom is -0.481 e. The van der Waals surface area contributed by atoms with Gasteiger partial charge in [-0.05, 0) is 44.0 Å². The number of methoxy groups -OCH3 is 1. The molecule has 18 heavy (non-hydrogen) atoms. The van der Waals surface area contributed by atoms with Gasteiger partial charge in [0, 0.05) is 22.4 Å². The average molecular weight is 374 g/mol. The smallest absolute Gasteiger partial charge is 0.265 e. The molecular formula is C12H10Br2N2O2. The van der Waals surface area contributed by atoms with E-state index in [0.29, 0.717) is 16.9 Å². The van der Waals surface area contributed by atoms with Gasteiger partial charge in [0.25, 0.3) is 5.56 Å². The zero-order chi connectivity index (χ0) is 13.1. The molecule has 94 valence electrons. The molecule has 0 bridgehead atoms. The topological polar surface area (TPSA) is 44.1 Å². The van der Waals surface area contributed by atoms with Gasteiger partial charge < -0.3 is 9.30 Å². The molecule has 0 spiro atoms. The fourth-order valence-electron chi connectivity index (χ4n) is 1.59.